The first kappa shape index (κ1) is 16.2. The molecule has 0 aliphatic carbocycles. The van der Waals surface area contributed by atoms with Gasteiger partial charge in [-0.3, -0.25) is 4.79 Å². The van der Waals surface area contributed by atoms with Gasteiger partial charge in [0, 0.05) is 31.6 Å². The summed E-state index contributed by atoms with van der Waals surface area (Å²) in [5, 5.41) is 0. The van der Waals surface area contributed by atoms with Crippen molar-refractivity contribution in [2.24, 2.45) is 0 Å². The molecule has 0 radical (unpaired) electrons. The van der Waals surface area contributed by atoms with E-state index in [2.05, 4.69) is 6.08 Å². The highest BCUT2D eigenvalue weighted by Crippen LogP contribution is 2.40. The first-order valence-electron chi connectivity index (χ1n) is 7.41. The van der Waals surface area contributed by atoms with Gasteiger partial charge < -0.3 is 19.1 Å². The summed E-state index contributed by atoms with van der Waals surface area (Å²) in [6.07, 6.45) is 3.40. The molecule has 2 rings (SSSR count). The second-order valence-electron chi connectivity index (χ2n) is 5.08. The Morgan fingerprint density at radius 2 is 1.77 bits per heavy atom. The Kier molecular flexibility index (Phi) is 5.31. The molecule has 120 valence electrons. The van der Waals surface area contributed by atoms with Gasteiger partial charge in [0.15, 0.2) is 0 Å². The largest absolute Gasteiger partial charge is 0.496 e. The van der Waals surface area contributed by atoms with Crippen molar-refractivity contribution in [2.45, 2.75) is 19.8 Å². The van der Waals surface area contributed by atoms with Crippen molar-refractivity contribution in [3.8, 4) is 17.2 Å². The number of rotatable bonds is 5. The third-order valence-electron chi connectivity index (χ3n) is 3.90. The second kappa shape index (κ2) is 7.20. The maximum absolute atomic E-state index is 11.8. The minimum absolute atomic E-state index is 0.184. The number of benzene rings is 1. The molecule has 1 aliphatic heterocycles. The van der Waals surface area contributed by atoms with Crippen molar-refractivity contribution in [3.05, 3.63) is 23.8 Å². The highest BCUT2D eigenvalue weighted by atomic mass is 16.5. The number of nitrogens with zero attached hydrogens (tertiary/aromatic N) is 1. The number of amides is 1. The van der Waals surface area contributed by atoms with E-state index in [0.717, 1.165) is 35.6 Å². The van der Waals surface area contributed by atoms with Crippen LogP contribution < -0.4 is 14.2 Å². The summed E-state index contributed by atoms with van der Waals surface area (Å²) in [7, 11) is 4.88. The molecule has 1 aromatic carbocycles. The average molecular weight is 305 g/mol. The zero-order valence-electron chi connectivity index (χ0n) is 13.6. The smallest absolute Gasteiger partial charge is 0.222 e. The highest BCUT2D eigenvalue weighted by Gasteiger charge is 2.22. The Hall–Kier alpha value is -2.17. The number of hydrogen-bond acceptors (Lipinski definition) is 4. The Bertz CT molecular complexity index is 555. The van der Waals surface area contributed by atoms with Crippen LogP contribution in [-0.2, 0) is 4.79 Å². The molecular formula is C17H23NO4. The van der Waals surface area contributed by atoms with Crippen LogP contribution in [0.25, 0.3) is 5.57 Å². The van der Waals surface area contributed by atoms with E-state index in [1.54, 1.807) is 21.3 Å². The number of hydrogen-bond donors (Lipinski definition) is 0. The monoisotopic (exact) mass is 305 g/mol. The summed E-state index contributed by atoms with van der Waals surface area (Å²) in [5.74, 6) is 2.32. The quantitative estimate of drug-likeness (QED) is 0.839. The molecule has 0 atom stereocenters. The molecule has 1 amide bonds. The number of ether oxygens (including phenoxy) is 3. The standard InChI is InChI=1S/C17H23NO4/c1-5-16(19)18-8-6-12(7-9-18)17-14(21-3)10-13(20-2)11-15(17)22-4/h6,10-11H,5,7-9H2,1-4H3. The average Bonchev–Trinajstić information content (AvgIpc) is 2.59. The van der Waals surface area contributed by atoms with Crippen molar-refractivity contribution >= 4 is 11.5 Å². The Balaban J connectivity index is 2.36. The van der Waals surface area contributed by atoms with E-state index in [4.69, 9.17) is 14.2 Å². The maximum atomic E-state index is 11.8. The van der Waals surface area contributed by atoms with Gasteiger partial charge in [0.1, 0.15) is 17.2 Å². The molecule has 1 aromatic rings. The predicted octanol–water partition coefficient (Wildman–Crippen LogP) is 2.74. The molecule has 22 heavy (non-hydrogen) atoms. The van der Waals surface area contributed by atoms with Crippen LogP contribution in [-0.4, -0.2) is 45.2 Å². The van der Waals surface area contributed by atoms with Crippen LogP contribution in [0.3, 0.4) is 0 Å². The summed E-state index contributed by atoms with van der Waals surface area (Å²) >= 11 is 0. The van der Waals surface area contributed by atoms with E-state index in [1.165, 1.54) is 0 Å². The van der Waals surface area contributed by atoms with Gasteiger partial charge in [0.05, 0.1) is 26.9 Å². The van der Waals surface area contributed by atoms with E-state index in [-0.39, 0.29) is 5.91 Å². The van der Waals surface area contributed by atoms with Gasteiger partial charge in [0.25, 0.3) is 0 Å². The number of carbonyl (C=O) groups excluding carboxylic acids is 1. The Labute approximate surface area is 131 Å². The first-order valence-corrected chi connectivity index (χ1v) is 7.41. The summed E-state index contributed by atoms with van der Waals surface area (Å²) in [4.78, 5) is 13.6. The van der Waals surface area contributed by atoms with Gasteiger partial charge in [-0.15, -0.1) is 0 Å². The van der Waals surface area contributed by atoms with Crippen molar-refractivity contribution in [1.82, 2.24) is 4.90 Å². The van der Waals surface area contributed by atoms with Gasteiger partial charge in [-0.05, 0) is 12.0 Å². The fraction of sp³-hybridized carbons (Fsp3) is 0.471. The molecule has 1 aliphatic rings. The van der Waals surface area contributed by atoms with Crippen LogP contribution in [0, 0.1) is 0 Å². The van der Waals surface area contributed by atoms with Gasteiger partial charge in [-0.1, -0.05) is 13.0 Å². The Morgan fingerprint density at radius 1 is 1.14 bits per heavy atom. The molecule has 5 heteroatoms. The van der Waals surface area contributed by atoms with E-state index in [1.807, 2.05) is 24.0 Å². The van der Waals surface area contributed by atoms with Gasteiger partial charge in [-0.2, -0.15) is 0 Å². The summed E-state index contributed by atoms with van der Waals surface area (Å²) in [6, 6.07) is 3.70. The molecule has 0 saturated heterocycles. The fourth-order valence-electron chi connectivity index (χ4n) is 2.67. The van der Waals surface area contributed by atoms with Gasteiger partial charge >= 0.3 is 0 Å². The van der Waals surface area contributed by atoms with Crippen LogP contribution in [0.4, 0.5) is 0 Å². The lowest BCUT2D eigenvalue weighted by molar-refractivity contribution is -0.130. The SMILES string of the molecule is CCC(=O)N1CC=C(c2c(OC)cc(OC)cc2OC)CC1. The molecule has 5 nitrogen and oxygen atoms in total. The topological polar surface area (TPSA) is 48.0 Å². The lowest BCUT2D eigenvalue weighted by atomic mass is 9.97. The molecule has 0 spiro atoms. The van der Waals surface area contributed by atoms with Crippen LogP contribution in [0.15, 0.2) is 18.2 Å². The zero-order chi connectivity index (χ0) is 16.1. The van der Waals surface area contributed by atoms with Crippen molar-refractivity contribution in [2.75, 3.05) is 34.4 Å². The minimum Gasteiger partial charge on any atom is -0.496 e. The van der Waals surface area contributed by atoms with Crippen LogP contribution in [0.1, 0.15) is 25.3 Å². The van der Waals surface area contributed by atoms with Crippen LogP contribution in [0.2, 0.25) is 0 Å². The van der Waals surface area contributed by atoms with Gasteiger partial charge in [0.2, 0.25) is 5.91 Å². The predicted molar refractivity (Wildman–Crippen MR) is 85.6 cm³/mol. The van der Waals surface area contributed by atoms with Crippen LogP contribution in [0.5, 0.6) is 17.2 Å². The fourth-order valence-corrected chi connectivity index (χ4v) is 2.67. The summed E-state index contributed by atoms with van der Waals surface area (Å²) < 4.78 is 16.3. The molecule has 0 aromatic heterocycles. The van der Waals surface area contributed by atoms with E-state index in [0.29, 0.717) is 18.7 Å². The summed E-state index contributed by atoms with van der Waals surface area (Å²) in [6.45, 7) is 3.23. The molecule has 0 unspecified atom stereocenters. The maximum Gasteiger partial charge on any atom is 0.222 e. The number of carbonyl (C=O) groups is 1. The number of methoxy groups -OCH3 is 3. The lowest BCUT2D eigenvalue weighted by Gasteiger charge is -2.27. The second-order valence-corrected chi connectivity index (χ2v) is 5.08. The third-order valence-corrected chi connectivity index (χ3v) is 3.90. The molecule has 0 N–H and O–H groups in total. The minimum atomic E-state index is 0.184. The zero-order valence-corrected chi connectivity index (χ0v) is 13.6. The molecular weight excluding hydrogens is 282 g/mol. The van der Waals surface area contributed by atoms with E-state index >= 15 is 0 Å². The molecule has 0 fully saturated rings. The third kappa shape index (κ3) is 3.18. The highest BCUT2D eigenvalue weighted by molar-refractivity contribution is 5.80. The van der Waals surface area contributed by atoms with Crippen molar-refractivity contribution in [3.63, 3.8) is 0 Å². The first-order chi connectivity index (χ1) is 10.6. The van der Waals surface area contributed by atoms with Gasteiger partial charge in [-0.25, -0.2) is 0 Å². The molecule has 1 heterocycles. The van der Waals surface area contributed by atoms with Crippen molar-refractivity contribution in [1.29, 1.82) is 0 Å². The Morgan fingerprint density at radius 3 is 2.18 bits per heavy atom. The molecule has 0 bridgehead atoms. The van der Waals surface area contributed by atoms with Crippen molar-refractivity contribution < 1.29 is 19.0 Å². The normalized spacial score (nSPS) is 14.4. The summed E-state index contributed by atoms with van der Waals surface area (Å²) in [5.41, 5.74) is 2.07. The lowest BCUT2D eigenvalue weighted by Crippen LogP contribution is -2.34. The van der Waals surface area contributed by atoms with E-state index < -0.39 is 0 Å². The van der Waals surface area contributed by atoms with E-state index in [9.17, 15) is 4.79 Å². The van der Waals surface area contributed by atoms with Crippen LogP contribution >= 0.6 is 0 Å². The molecule has 0 saturated carbocycles.